The van der Waals surface area contributed by atoms with E-state index in [1.165, 1.54) is 0 Å². The number of ether oxygens (including phenoxy) is 1. The molecule has 0 saturated carbocycles. The molecule has 0 saturated heterocycles. The van der Waals surface area contributed by atoms with E-state index in [0.717, 1.165) is 22.7 Å². The summed E-state index contributed by atoms with van der Waals surface area (Å²) >= 11 is 9.15. The summed E-state index contributed by atoms with van der Waals surface area (Å²) in [6, 6.07) is 7.20. The highest BCUT2D eigenvalue weighted by Crippen LogP contribution is 2.20. The van der Waals surface area contributed by atoms with Crippen LogP contribution in [0.15, 0.2) is 24.3 Å². The molecule has 5 heteroatoms. The van der Waals surface area contributed by atoms with E-state index in [1.807, 2.05) is 6.07 Å². The lowest BCUT2D eigenvalue weighted by Crippen LogP contribution is -2.06. The summed E-state index contributed by atoms with van der Waals surface area (Å²) in [4.78, 5) is 14.7. The zero-order chi connectivity index (χ0) is 12.3. The third-order valence-electron chi connectivity index (χ3n) is 2.32. The molecular formula is C12H11BrClNO2. The van der Waals surface area contributed by atoms with Crippen molar-refractivity contribution in [3.05, 3.63) is 35.0 Å². The quantitative estimate of drug-likeness (QED) is 0.530. The van der Waals surface area contributed by atoms with Crippen molar-refractivity contribution in [3.63, 3.8) is 0 Å². The first-order valence-electron chi connectivity index (χ1n) is 5.22. The van der Waals surface area contributed by atoms with Crippen molar-refractivity contribution in [3.8, 4) is 0 Å². The molecule has 1 aromatic heterocycles. The van der Waals surface area contributed by atoms with Crippen LogP contribution in [0.4, 0.5) is 0 Å². The number of halogens is 2. The number of nitrogens with one attached hydrogen (secondary N) is 1. The number of carbonyl (C=O) groups excluding carboxylic acids is 1. The smallest absolute Gasteiger partial charge is 0.354 e. The standard InChI is InChI=1S/C12H11BrClNO2/c13-4-1-5-17-12(16)11-6-8-2-3-9(14)7-10(8)15-11/h2-3,6-7,15H,1,4-5H2. The van der Waals surface area contributed by atoms with E-state index in [0.29, 0.717) is 17.3 Å². The fourth-order valence-corrected chi connectivity index (χ4v) is 1.91. The summed E-state index contributed by atoms with van der Waals surface area (Å²) in [7, 11) is 0. The highest BCUT2D eigenvalue weighted by Gasteiger charge is 2.10. The van der Waals surface area contributed by atoms with Gasteiger partial charge in [-0.3, -0.25) is 0 Å². The number of rotatable bonds is 4. The molecule has 2 rings (SSSR count). The van der Waals surface area contributed by atoms with E-state index in [4.69, 9.17) is 16.3 Å². The second-order valence-electron chi connectivity index (χ2n) is 3.59. The molecule has 0 spiro atoms. The van der Waals surface area contributed by atoms with Gasteiger partial charge in [-0.05, 0) is 24.6 Å². The minimum atomic E-state index is -0.335. The number of aromatic nitrogens is 1. The fourth-order valence-electron chi connectivity index (χ4n) is 1.51. The van der Waals surface area contributed by atoms with Crippen LogP contribution in [0.3, 0.4) is 0 Å². The van der Waals surface area contributed by atoms with E-state index in [9.17, 15) is 4.79 Å². The Morgan fingerprint density at radius 3 is 3.00 bits per heavy atom. The zero-order valence-corrected chi connectivity index (χ0v) is 11.3. The summed E-state index contributed by atoms with van der Waals surface area (Å²) in [5, 5.41) is 2.41. The second-order valence-corrected chi connectivity index (χ2v) is 4.82. The fraction of sp³-hybridized carbons (Fsp3) is 0.250. The number of carbonyl (C=O) groups is 1. The summed E-state index contributed by atoms with van der Waals surface area (Å²) in [5.74, 6) is -0.335. The molecule has 0 aliphatic heterocycles. The number of esters is 1. The van der Waals surface area contributed by atoms with E-state index < -0.39 is 0 Å². The molecule has 0 atom stereocenters. The van der Waals surface area contributed by atoms with Crippen molar-refractivity contribution >= 4 is 44.4 Å². The lowest BCUT2D eigenvalue weighted by atomic mass is 10.2. The molecule has 1 heterocycles. The molecule has 0 bridgehead atoms. The molecule has 0 unspecified atom stereocenters. The summed E-state index contributed by atoms with van der Waals surface area (Å²) < 4.78 is 5.10. The molecule has 0 aliphatic carbocycles. The Morgan fingerprint density at radius 1 is 1.41 bits per heavy atom. The largest absolute Gasteiger partial charge is 0.461 e. The van der Waals surface area contributed by atoms with E-state index in [1.54, 1.807) is 18.2 Å². The predicted molar refractivity (Wildman–Crippen MR) is 72.0 cm³/mol. The first kappa shape index (κ1) is 12.5. The van der Waals surface area contributed by atoms with Gasteiger partial charge in [0.2, 0.25) is 0 Å². The van der Waals surface area contributed by atoms with Gasteiger partial charge in [-0.15, -0.1) is 0 Å². The van der Waals surface area contributed by atoms with Crippen LogP contribution >= 0.6 is 27.5 Å². The van der Waals surface area contributed by atoms with Gasteiger partial charge in [0.05, 0.1) is 6.61 Å². The number of benzene rings is 1. The van der Waals surface area contributed by atoms with E-state index >= 15 is 0 Å². The van der Waals surface area contributed by atoms with Gasteiger partial charge < -0.3 is 9.72 Å². The highest BCUT2D eigenvalue weighted by atomic mass is 79.9. The van der Waals surface area contributed by atoms with E-state index in [2.05, 4.69) is 20.9 Å². The van der Waals surface area contributed by atoms with Crippen molar-refractivity contribution in [2.24, 2.45) is 0 Å². The molecule has 2 aromatic rings. The topological polar surface area (TPSA) is 42.1 Å². The summed E-state index contributed by atoms with van der Waals surface area (Å²) in [6.07, 6.45) is 0.803. The highest BCUT2D eigenvalue weighted by molar-refractivity contribution is 9.09. The van der Waals surface area contributed by atoms with Crippen LogP contribution in [0.25, 0.3) is 10.9 Å². The SMILES string of the molecule is O=C(OCCCBr)c1cc2ccc(Cl)cc2[nH]1. The van der Waals surface area contributed by atoms with Gasteiger partial charge in [0, 0.05) is 21.3 Å². The average Bonchev–Trinajstić information content (AvgIpc) is 2.72. The molecule has 0 fully saturated rings. The van der Waals surface area contributed by atoms with Crippen LogP contribution < -0.4 is 0 Å². The third kappa shape index (κ3) is 3.01. The Hall–Kier alpha value is -1.00. The average molecular weight is 317 g/mol. The van der Waals surface area contributed by atoms with Gasteiger partial charge >= 0.3 is 5.97 Å². The molecule has 1 N–H and O–H groups in total. The number of hydrogen-bond donors (Lipinski definition) is 1. The van der Waals surface area contributed by atoms with Crippen LogP contribution in [0, 0.1) is 0 Å². The van der Waals surface area contributed by atoms with Crippen LogP contribution in [0.5, 0.6) is 0 Å². The molecular weight excluding hydrogens is 305 g/mol. The lowest BCUT2D eigenvalue weighted by Gasteiger charge is -2.00. The van der Waals surface area contributed by atoms with Crippen LogP contribution in [0.2, 0.25) is 5.02 Å². The normalized spacial score (nSPS) is 10.7. The van der Waals surface area contributed by atoms with Crippen molar-refractivity contribution < 1.29 is 9.53 Å². The molecule has 1 aromatic carbocycles. The van der Waals surface area contributed by atoms with Crippen molar-refractivity contribution in [1.82, 2.24) is 4.98 Å². The maximum absolute atomic E-state index is 11.7. The Balaban J connectivity index is 2.15. The minimum absolute atomic E-state index is 0.335. The monoisotopic (exact) mass is 315 g/mol. The number of hydrogen-bond acceptors (Lipinski definition) is 2. The van der Waals surface area contributed by atoms with Crippen LogP contribution in [0.1, 0.15) is 16.9 Å². The minimum Gasteiger partial charge on any atom is -0.461 e. The maximum atomic E-state index is 11.7. The van der Waals surface area contributed by atoms with Gasteiger partial charge in [0.25, 0.3) is 0 Å². The molecule has 17 heavy (non-hydrogen) atoms. The summed E-state index contributed by atoms with van der Waals surface area (Å²) in [5.41, 5.74) is 1.29. The van der Waals surface area contributed by atoms with Gasteiger partial charge in [0.15, 0.2) is 0 Å². The van der Waals surface area contributed by atoms with Crippen LogP contribution in [-0.2, 0) is 4.74 Å². The van der Waals surface area contributed by atoms with Gasteiger partial charge in [0.1, 0.15) is 5.69 Å². The van der Waals surface area contributed by atoms with Crippen molar-refractivity contribution in [2.75, 3.05) is 11.9 Å². The number of H-pyrrole nitrogens is 1. The Morgan fingerprint density at radius 2 is 2.24 bits per heavy atom. The van der Waals surface area contributed by atoms with E-state index in [-0.39, 0.29) is 5.97 Å². The molecule has 3 nitrogen and oxygen atoms in total. The molecule has 0 amide bonds. The molecule has 0 radical (unpaired) electrons. The van der Waals surface area contributed by atoms with Gasteiger partial charge in [-0.1, -0.05) is 33.6 Å². The number of alkyl halides is 1. The lowest BCUT2D eigenvalue weighted by molar-refractivity contribution is 0.0501. The molecule has 0 aliphatic rings. The predicted octanol–water partition coefficient (Wildman–Crippen LogP) is 3.76. The van der Waals surface area contributed by atoms with Crippen molar-refractivity contribution in [2.45, 2.75) is 6.42 Å². The Kier molecular flexibility index (Phi) is 4.07. The summed E-state index contributed by atoms with van der Waals surface area (Å²) in [6.45, 7) is 0.417. The van der Waals surface area contributed by atoms with Crippen LogP contribution in [-0.4, -0.2) is 22.9 Å². The third-order valence-corrected chi connectivity index (χ3v) is 3.11. The first-order valence-corrected chi connectivity index (χ1v) is 6.72. The number of aromatic amines is 1. The van der Waals surface area contributed by atoms with Gasteiger partial charge in [-0.25, -0.2) is 4.79 Å². The number of fused-ring (bicyclic) bond motifs is 1. The Labute approximate surface area is 112 Å². The molecule has 90 valence electrons. The zero-order valence-electron chi connectivity index (χ0n) is 9.00. The van der Waals surface area contributed by atoms with Gasteiger partial charge in [-0.2, -0.15) is 0 Å². The second kappa shape index (κ2) is 5.56. The Bertz CT molecular complexity index is 538. The van der Waals surface area contributed by atoms with Crippen molar-refractivity contribution in [1.29, 1.82) is 0 Å². The maximum Gasteiger partial charge on any atom is 0.354 e. The first-order chi connectivity index (χ1) is 8.20.